The molecule has 0 saturated carbocycles. The molecule has 0 spiro atoms. The van der Waals surface area contributed by atoms with Crippen molar-refractivity contribution in [1.29, 1.82) is 5.26 Å². The molecular weight excluding hydrogens is 819 g/mol. The minimum absolute atomic E-state index is 0.00209. The maximum atomic E-state index is 14.7. The monoisotopic (exact) mass is 875 g/mol. The number of fused-ring (bicyclic) bond motifs is 5. The predicted octanol–water partition coefficient (Wildman–Crippen LogP) is 1.50. The highest BCUT2D eigenvalue weighted by molar-refractivity contribution is 6.00. The van der Waals surface area contributed by atoms with E-state index in [-0.39, 0.29) is 57.8 Å². The molecule has 1 aliphatic heterocycles. The van der Waals surface area contributed by atoms with E-state index in [1.807, 2.05) is 30.3 Å². The van der Waals surface area contributed by atoms with Crippen LogP contribution in [0.15, 0.2) is 60.7 Å². The lowest BCUT2D eigenvalue weighted by Gasteiger charge is -2.32. The van der Waals surface area contributed by atoms with E-state index in [2.05, 4.69) is 38.2 Å². The maximum absolute atomic E-state index is 14.7. The Morgan fingerprint density at radius 1 is 0.891 bits per heavy atom. The molecule has 1 aromatic heterocycles. The fraction of sp³-hybridized carbons (Fsp3) is 0.391. The summed E-state index contributed by atoms with van der Waals surface area (Å²) in [5.41, 5.74) is 22.5. The van der Waals surface area contributed by atoms with Crippen LogP contribution in [0, 0.1) is 25.2 Å². The minimum atomic E-state index is -1.40. The van der Waals surface area contributed by atoms with Crippen LogP contribution in [0.4, 0.5) is 0 Å². The molecule has 1 aliphatic rings. The first-order chi connectivity index (χ1) is 30.7. The van der Waals surface area contributed by atoms with Gasteiger partial charge in [0.25, 0.3) is 5.91 Å². The van der Waals surface area contributed by atoms with E-state index in [0.29, 0.717) is 51.0 Å². The molecule has 5 rings (SSSR count). The number of aryl methyl sites for hydroxylation is 3. The Morgan fingerprint density at radius 2 is 1.52 bits per heavy atom. The number of carbonyl (C=O) groups is 5. The van der Waals surface area contributed by atoms with Gasteiger partial charge in [-0.2, -0.15) is 5.26 Å². The molecule has 4 aromatic rings. The number of nitriles is 1. The third-order valence-corrected chi connectivity index (χ3v) is 10.7. The van der Waals surface area contributed by atoms with Crippen LogP contribution < -0.4 is 47.9 Å². The molecule has 0 radical (unpaired) electrons. The fourth-order valence-electron chi connectivity index (χ4n) is 7.42. The minimum Gasteiger partial charge on any atom is -0.492 e. The second kappa shape index (κ2) is 22.4. The molecule has 4 bridgehead atoms. The molecule has 18 nitrogen and oxygen atoms in total. The number of nitrogens with zero attached hydrogens (tertiary/aromatic N) is 4. The number of likely N-dealkylation sites (N-methyl/N-ethyl adjacent to an activating group) is 1. The molecule has 18 heteroatoms. The number of ether oxygens (including phenoxy) is 2. The molecule has 5 amide bonds. The van der Waals surface area contributed by atoms with Crippen LogP contribution in [0.1, 0.15) is 64.7 Å². The SMILES string of the molecule is CCc1ccc(-c2nc(C)c(C(=O)N[C@@H](CCN)C(=O)N(C)[C@@H]3C(=O)N[C@@H](C)C(=O)N[C@H](C(=O)NCC#N)Cc4ccc(OCCN)c(c4)-c4cc3ccc4OCCN)c(C)n2)cc1. The number of carbonyl (C=O) groups excluding carboxylic acids is 5. The quantitative estimate of drug-likeness (QED) is 0.0787. The molecule has 10 N–H and O–H groups in total. The first-order valence-corrected chi connectivity index (χ1v) is 21.2. The first kappa shape index (κ1) is 48.1. The summed E-state index contributed by atoms with van der Waals surface area (Å²) < 4.78 is 12.2. The zero-order valence-electron chi connectivity index (χ0n) is 36.8. The summed E-state index contributed by atoms with van der Waals surface area (Å²) >= 11 is 0. The molecular formula is C46H57N11O7. The van der Waals surface area contributed by atoms with Crippen molar-refractivity contribution < 1.29 is 33.4 Å². The molecule has 338 valence electrons. The van der Waals surface area contributed by atoms with Crippen molar-refractivity contribution >= 4 is 29.5 Å². The van der Waals surface area contributed by atoms with Crippen molar-refractivity contribution in [2.75, 3.05) is 46.4 Å². The first-order valence-electron chi connectivity index (χ1n) is 21.2. The largest absolute Gasteiger partial charge is 0.492 e. The fourth-order valence-corrected chi connectivity index (χ4v) is 7.42. The standard InChI is InChI=1S/C46H57N11O7/c1-6-29-7-10-31(11-8-29)41-52-26(2)39(27(3)53-41)44(60)55-35(15-16-47)46(62)57(5)40-32-12-14-38(64-22-19-50)34(25-32)33-23-30(9-13-37(33)63-21-18-49)24-36(43(59)51-20-17-48)56-42(58)28(4)54-45(40)61/h7-14,23,25,28,35-36,40H,6,15-16,18-22,24,47,49-50H2,1-5H3,(H,51,59)(H,54,61)(H,55,60)(H,56,58)/t28-,35-,36-,40-/m0/s1. The van der Waals surface area contributed by atoms with Crippen LogP contribution in [0.3, 0.4) is 0 Å². The molecule has 64 heavy (non-hydrogen) atoms. The van der Waals surface area contributed by atoms with E-state index in [9.17, 15) is 24.0 Å². The summed E-state index contributed by atoms with van der Waals surface area (Å²) in [4.78, 5) is 80.8. The molecule has 0 fully saturated rings. The summed E-state index contributed by atoms with van der Waals surface area (Å²) in [7, 11) is 1.42. The van der Waals surface area contributed by atoms with Crippen LogP contribution in [-0.2, 0) is 32.0 Å². The predicted molar refractivity (Wildman–Crippen MR) is 240 cm³/mol. The maximum Gasteiger partial charge on any atom is 0.255 e. The second-order valence-corrected chi connectivity index (χ2v) is 15.3. The summed E-state index contributed by atoms with van der Waals surface area (Å²) in [5, 5.41) is 19.9. The van der Waals surface area contributed by atoms with Gasteiger partial charge in [-0.05, 0) is 81.1 Å². The van der Waals surface area contributed by atoms with Crippen molar-refractivity contribution in [2.24, 2.45) is 17.2 Å². The van der Waals surface area contributed by atoms with Crippen LogP contribution >= 0.6 is 0 Å². The highest BCUT2D eigenvalue weighted by atomic mass is 16.5. The lowest BCUT2D eigenvalue weighted by molar-refractivity contribution is -0.141. The number of nitrogens with two attached hydrogens (primary N) is 3. The van der Waals surface area contributed by atoms with Crippen LogP contribution in [-0.4, -0.2) is 109 Å². The third-order valence-electron chi connectivity index (χ3n) is 10.7. The summed E-state index contributed by atoms with van der Waals surface area (Å²) in [6.07, 6.45) is 0.885. The van der Waals surface area contributed by atoms with E-state index >= 15 is 0 Å². The van der Waals surface area contributed by atoms with Crippen molar-refractivity contribution in [3.63, 3.8) is 0 Å². The Labute approximate surface area is 372 Å². The van der Waals surface area contributed by atoms with Crippen LogP contribution in [0.2, 0.25) is 0 Å². The number of rotatable bonds is 16. The van der Waals surface area contributed by atoms with Gasteiger partial charge in [0.05, 0.1) is 23.0 Å². The topological polar surface area (TPSA) is 283 Å². The highest BCUT2D eigenvalue weighted by Gasteiger charge is 2.36. The Hall–Kier alpha value is -6.94. The van der Waals surface area contributed by atoms with Crippen molar-refractivity contribution in [1.82, 2.24) is 36.1 Å². The lowest BCUT2D eigenvalue weighted by atomic mass is 9.93. The van der Waals surface area contributed by atoms with Gasteiger partial charge in [0.1, 0.15) is 55.4 Å². The van der Waals surface area contributed by atoms with Gasteiger partial charge < -0.3 is 52.8 Å². The van der Waals surface area contributed by atoms with Crippen LogP contribution in [0.25, 0.3) is 22.5 Å². The zero-order valence-corrected chi connectivity index (χ0v) is 36.8. The molecule has 0 aliphatic carbocycles. The zero-order chi connectivity index (χ0) is 46.5. The Morgan fingerprint density at radius 3 is 2.11 bits per heavy atom. The smallest absolute Gasteiger partial charge is 0.255 e. The number of benzene rings is 3. The van der Waals surface area contributed by atoms with Gasteiger partial charge in [0.2, 0.25) is 23.6 Å². The van der Waals surface area contributed by atoms with Gasteiger partial charge in [-0.1, -0.05) is 43.3 Å². The third kappa shape index (κ3) is 11.5. The molecule has 3 aromatic carbocycles. The number of hydrogen-bond donors (Lipinski definition) is 7. The Kier molecular flexibility index (Phi) is 16.9. The number of amides is 5. The van der Waals surface area contributed by atoms with Gasteiger partial charge in [-0.25, -0.2) is 9.97 Å². The number of nitrogens with one attached hydrogen (secondary N) is 4. The van der Waals surface area contributed by atoms with E-state index in [4.69, 9.17) is 31.9 Å². The van der Waals surface area contributed by atoms with E-state index in [0.717, 1.165) is 17.5 Å². The highest BCUT2D eigenvalue weighted by Crippen LogP contribution is 2.40. The van der Waals surface area contributed by atoms with Crippen molar-refractivity contribution in [2.45, 2.75) is 71.1 Å². The molecule has 2 heterocycles. The summed E-state index contributed by atoms with van der Waals surface area (Å²) in [6, 6.07) is 14.9. The van der Waals surface area contributed by atoms with E-state index in [1.165, 1.54) is 18.9 Å². The lowest BCUT2D eigenvalue weighted by Crippen LogP contribution is -2.56. The van der Waals surface area contributed by atoms with Crippen molar-refractivity contribution in [3.8, 4) is 40.1 Å². The number of hydrogen-bond acceptors (Lipinski definition) is 13. The van der Waals surface area contributed by atoms with Gasteiger partial charge in [0, 0.05) is 43.2 Å². The van der Waals surface area contributed by atoms with Gasteiger partial charge in [-0.3, -0.25) is 24.0 Å². The molecule has 4 atom stereocenters. The van der Waals surface area contributed by atoms with Gasteiger partial charge in [0.15, 0.2) is 5.82 Å². The Bertz CT molecular complexity index is 2360. The van der Waals surface area contributed by atoms with Gasteiger partial charge >= 0.3 is 0 Å². The van der Waals surface area contributed by atoms with E-state index < -0.39 is 53.7 Å². The van der Waals surface area contributed by atoms with Crippen LogP contribution in [0.5, 0.6) is 11.5 Å². The van der Waals surface area contributed by atoms with E-state index in [1.54, 1.807) is 50.2 Å². The average molecular weight is 876 g/mol. The normalized spacial score (nSPS) is 16.5. The Balaban J connectivity index is 1.58. The molecule has 0 unspecified atom stereocenters. The average Bonchev–Trinajstić information content (AvgIpc) is 3.28. The molecule has 0 saturated heterocycles. The summed E-state index contributed by atoms with van der Waals surface area (Å²) in [6.45, 7) is 7.26. The summed E-state index contributed by atoms with van der Waals surface area (Å²) in [5.74, 6) is -2.11. The van der Waals surface area contributed by atoms with Gasteiger partial charge in [-0.15, -0.1) is 0 Å². The number of aromatic nitrogens is 2. The second-order valence-electron chi connectivity index (χ2n) is 15.3. The van der Waals surface area contributed by atoms with Crippen molar-refractivity contribution in [3.05, 3.63) is 94.3 Å².